The predicted octanol–water partition coefficient (Wildman–Crippen LogP) is 3.58. The summed E-state index contributed by atoms with van der Waals surface area (Å²) in [6.45, 7) is 10.0. The molecule has 3 heteroatoms. The van der Waals surface area contributed by atoms with Gasteiger partial charge in [-0.25, -0.2) is 4.79 Å². The maximum Gasteiger partial charge on any atom is 0.336 e. The van der Waals surface area contributed by atoms with Crippen molar-refractivity contribution in [2.45, 2.75) is 34.6 Å². The van der Waals surface area contributed by atoms with E-state index >= 15 is 0 Å². The molecule has 1 rings (SSSR count). The Bertz CT molecular complexity index is 495. The quantitative estimate of drug-likeness (QED) is 0.828. The Morgan fingerprint density at radius 2 is 1.83 bits per heavy atom. The molecule has 0 unspecified atom stereocenters. The monoisotopic (exact) mass is 248 g/mol. The predicted molar refractivity (Wildman–Crippen MR) is 73.0 cm³/mol. The minimum absolute atomic E-state index is 0.374. The molecule has 98 valence electrons. The topological polar surface area (TPSA) is 46.5 Å². The number of carboxylic acids is 1. The summed E-state index contributed by atoms with van der Waals surface area (Å²) in [4.78, 5) is 11.3. The minimum atomic E-state index is -0.887. The summed E-state index contributed by atoms with van der Waals surface area (Å²) in [5.74, 6) is -0.0705. The van der Waals surface area contributed by atoms with E-state index in [2.05, 4.69) is 0 Å². The van der Waals surface area contributed by atoms with Gasteiger partial charge in [-0.15, -0.1) is 0 Å². The second-order valence-corrected chi connectivity index (χ2v) is 4.55. The largest absolute Gasteiger partial charge is 0.494 e. The van der Waals surface area contributed by atoms with Crippen LogP contribution in [0.15, 0.2) is 17.7 Å². The van der Waals surface area contributed by atoms with Gasteiger partial charge < -0.3 is 9.84 Å². The summed E-state index contributed by atoms with van der Waals surface area (Å²) in [7, 11) is 0. The molecule has 0 bridgehead atoms. The van der Waals surface area contributed by atoms with Crippen LogP contribution in [0.25, 0.3) is 5.57 Å². The lowest BCUT2D eigenvalue weighted by molar-refractivity contribution is -0.130. The van der Waals surface area contributed by atoms with Gasteiger partial charge in [0, 0.05) is 0 Å². The molecule has 0 atom stereocenters. The van der Waals surface area contributed by atoms with Gasteiger partial charge in [0.2, 0.25) is 0 Å². The van der Waals surface area contributed by atoms with Crippen molar-refractivity contribution >= 4 is 11.5 Å². The van der Waals surface area contributed by atoms with E-state index in [4.69, 9.17) is 4.74 Å². The van der Waals surface area contributed by atoms with E-state index in [1.54, 1.807) is 0 Å². The number of hydrogen-bond acceptors (Lipinski definition) is 2. The van der Waals surface area contributed by atoms with E-state index in [-0.39, 0.29) is 0 Å². The van der Waals surface area contributed by atoms with Gasteiger partial charge >= 0.3 is 5.97 Å². The highest BCUT2D eigenvalue weighted by Gasteiger charge is 2.16. The maximum absolute atomic E-state index is 11.3. The molecule has 0 saturated carbocycles. The lowest BCUT2D eigenvalue weighted by Crippen LogP contribution is -2.05. The van der Waals surface area contributed by atoms with Crippen LogP contribution in [0.1, 0.15) is 37.5 Å². The first-order valence-corrected chi connectivity index (χ1v) is 6.03. The van der Waals surface area contributed by atoms with E-state index < -0.39 is 5.97 Å². The van der Waals surface area contributed by atoms with Gasteiger partial charge in [-0.1, -0.05) is 5.57 Å². The molecule has 0 saturated heterocycles. The highest BCUT2D eigenvalue weighted by molar-refractivity contribution is 6.16. The van der Waals surface area contributed by atoms with Gasteiger partial charge in [0.05, 0.1) is 12.2 Å². The third-order valence-corrected chi connectivity index (χ3v) is 2.80. The van der Waals surface area contributed by atoms with Gasteiger partial charge in [-0.05, 0) is 63.4 Å². The molecule has 1 aromatic carbocycles. The van der Waals surface area contributed by atoms with Crippen molar-refractivity contribution in [3.8, 4) is 5.75 Å². The van der Waals surface area contributed by atoms with Crippen LogP contribution in [-0.2, 0) is 4.79 Å². The highest BCUT2D eigenvalue weighted by atomic mass is 16.5. The van der Waals surface area contributed by atoms with Crippen molar-refractivity contribution in [1.82, 2.24) is 0 Å². The van der Waals surface area contributed by atoms with Gasteiger partial charge in [0.15, 0.2) is 0 Å². The van der Waals surface area contributed by atoms with Crippen molar-refractivity contribution in [3.63, 3.8) is 0 Å². The molecule has 18 heavy (non-hydrogen) atoms. The van der Waals surface area contributed by atoms with E-state index in [9.17, 15) is 9.90 Å². The molecular weight excluding hydrogens is 228 g/mol. The van der Waals surface area contributed by atoms with Crippen molar-refractivity contribution in [3.05, 3.63) is 34.4 Å². The summed E-state index contributed by atoms with van der Waals surface area (Å²) in [6.07, 6.45) is 0. The van der Waals surface area contributed by atoms with Gasteiger partial charge in [-0.3, -0.25) is 0 Å². The van der Waals surface area contributed by atoms with Crippen molar-refractivity contribution in [2.24, 2.45) is 0 Å². The number of ether oxygens (including phenoxy) is 1. The smallest absolute Gasteiger partial charge is 0.336 e. The van der Waals surface area contributed by atoms with Crippen LogP contribution in [0.3, 0.4) is 0 Å². The Labute approximate surface area is 108 Å². The van der Waals surface area contributed by atoms with E-state index in [1.165, 1.54) is 0 Å². The molecule has 1 N–H and O–H groups in total. The number of benzene rings is 1. The molecule has 1 aromatic rings. The van der Waals surface area contributed by atoms with Crippen LogP contribution in [0.2, 0.25) is 0 Å². The van der Waals surface area contributed by atoms with Crippen LogP contribution in [0, 0.1) is 13.8 Å². The van der Waals surface area contributed by atoms with E-state index in [0.29, 0.717) is 12.2 Å². The van der Waals surface area contributed by atoms with Crippen LogP contribution in [-0.4, -0.2) is 17.7 Å². The van der Waals surface area contributed by atoms with E-state index in [0.717, 1.165) is 28.0 Å². The number of rotatable bonds is 4. The zero-order valence-corrected chi connectivity index (χ0v) is 11.6. The van der Waals surface area contributed by atoms with Crippen molar-refractivity contribution < 1.29 is 14.6 Å². The number of carbonyl (C=O) groups is 1. The van der Waals surface area contributed by atoms with Crippen molar-refractivity contribution in [2.75, 3.05) is 6.61 Å². The summed E-state index contributed by atoms with van der Waals surface area (Å²) in [5, 5.41) is 9.30. The fourth-order valence-corrected chi connectivity index (χ4v) is 1.97. The molecule has 0 aliphatic rings. The van der Waals surface area contributed by atoms with Crippen molar-refractivity contribution in [1.29, 1.82) is 0 Å². The number of allylic oxidation sites excluding steroid dienone is 1. The van der Waals surface area contributed by atoms with Gasteiger partial charge in [0.1, 0.15) is 5.75 Å². The second-order valence-electron chi connectivity index (χ2n) is 4.55. The Morgan fingerprint density at radius 3 is 2.28 bits per heavy atom. The van der Waals surface area contributed by atoms with Crippen LogP contribution in [0.5, 0.6) is 5.75 Å². The molecule has 3 nitrogen and oxygen atoms in total. The number of carboxylic acid groups (broad SMARTS) is 1. The maximum atomic E-state index is 11.3. The third kappa shape index (κ3) is 2.92. The molecule has 0 amide bonds. The van der Waals surface area contributed by atoms with E-state index in [1.807, 2.05) is 46.8 Å². The molecule has 0 heterocycles. The molecule has 0 radical (unpaired) electrons. The molecule has 0 aliphatic carbocycles. The summed E-state index contributed by atoms with van der Waals surface area (Å²) >= 11 is 0. The summed E-state index contributed by atoms with van der Waals surface area (Å²) < 4.78 is 5.51. The lowest BCUT2D eigenvalue weighted by Gasteiger charge is -2.14. The first-order valence-electron chi connectivity index (χ1n) is 6.03. The number of hydrogen-bond donors (Lipinski definition) is 1. The molecular formula is C15H20O3. The Kier molecular flexibility index (Phi) is 4.54. The Balaban J connectivity index is 3.39. The average Bonchev–Trinajstić information content (AvgIpc) is 2.24. The molecule has 0 aliphatic heterocycles. The first kappa shape index (κ1) is 14.3. The summed E-state index contributed by atoms with van der Waals surface area (Å²) in [6, 6.07) is 3.79. The van der Waals surface area contributed by atoms with Gasteiger partial charge in [0.25, 0.3) is 0 Å². The Morgan fingerprint density at radius 1 is 1.22 bits per heavy atom. The minimum Gasteiger partial charge on any atom is -0.494 e. The second kappa shape index (κ2) is 5.71. The fraction of sp³-hybridized carbons (Fsp3) is 0.400. The van der Waals surface area contributed by atoms with Gasteiger partial charge in [-0.2, -0.15) is 0 Å². The number of aliphatic carboxylic acids is 1. The Hall–Kier alpha value is -1.77. The van der Waals surface area contributed by atoms with Crippen LogP contribution < -0.4 is 4.74 Å². The van der Waals surface area contributed by atoms with Crippen LogP contribution >= 0.6 is 0 Å². The third-order valence-electron chi connectivity index (χ3n) is 2.80. The molecule has 0 fully saturated rings. The highest BCUT2D eigenvalue weighted by Crippen LogP contribution is 2.29. The first-order chi connectivity index (χ1) is 8.38. The lowest BCUT2D eigenvalue weighted by atomic mass is 9.95. The standard InChI is InChI=1S/C15H20O3/c1-6-18-13-8-10(4)12(7-11(13)5)14(9(2)3)15(16)17/h7-8H,6H2,1-5H3,(H,16,17). The average molecular weight is 248 g/mol. The van der Waals surface area contributed by atoms with Crippen LogP contribution in [0.4, 0.5) is 0 Å². The zero-order chi connectivity index (χ0) is 13.9. The SMILES string of the molecule is CCOc1cc(C)c(C(C(=O)O)=C(C)C)cc1C. The normalized spacial score (nSPS) is 10.1. The molecule has 0 aromatic heterocycles. The zero-order valence-electron chi connectivity index (χ0n) is 11.6. The number of aryl methyl sites for hydroxylation is 2. The summed E-state index contributed by atoms with van der Waals surface area (Å²) in [5.41, 5.74) is 3.82. The fourth-order valence-electron chi connectivity index (χ4n) is 1.97. The molecule has 0 spiro atoms.